The molecule has 0 saturated carbocycles. The summed E-state index contributed by atoms with van der Waals surface area (Å²) in [6, 6.07) is 11.0. The number of benzene rings is 1. The first-order valence-electron chi connectivity index (χ1n) is 7.80. The fraction of sp³-hybridized carbons (Fsp3) is 0.235. The van der Waals surface area contributed by atoms with Gasteiger partial charge in [-0.25, -0.2) is 13.4 Å². The van der Waals surface area contributed by atoms with Crippen LogP contribution in [0.5, 0.6) is 0 Å². The van der Waals surface area contributed by atoms with Crippen molar-refractivity contribution in [2.45, 2.75) is 24.8 Å². The molecule has 2 N–H and O–H groups in total. The van der Waals surface area contributed by atoms with Gasteiger partial charge >= 0.3 is 0 Å². The predicted molar refractivity (Wildman–Crippen MR) is 94.8 cm³/mol. The van der Waals surface area contributed by atoms with Crippen molar-refractivity contribution in [1.82, 2.24) is 9.71 Å². The lowest BCUT2D eigenvalue weighted by Gasteiger charge is -2.17. The molecule has 7 nitrogen and oxygen atoms in total. The molecule has 1 amide bonds. The van der Waals surface area contributed by atoms with E-state index in [-0.39, 0.29) is 22.6 Å². The maximum absolute atomic E-state index is 12.6. The number of pyridine rings is 1. The molecule has 0 unspecified atom stereocenters. The van der Waals surface area contributed by atoms with E-state index < -0.39 is 16.1 Å². The van der Waals surface area contributed by atoms with Gasteiger partial charge in [0.2, 0.25) is 0 Å². The molecule has 0 saturated heterocycles. The van der Waals surface area contributed by atoms with Crippen LogP contribution in [0.2, 0.25) is 0 Å². The summed E-state index contributed by atoms with van der Waals surface area (Å²) in [7, 11) is -3.64. The van der Waals surface area contributed by atoms with Crippen LogP contribution >= 0.6 is 0 Å². The number of nitrogens with zero attached hydrogens (tertiary/aromatic N) is 2. The zero-order valence-electron chi connectivity index (χ0n) is 13.8. The van der Waals surface area contributed by atoms with Crippen LogP contribution in [0.4, 0.5) is 5.82 Å². The second-order valence-corrected chi connectivity index (χ2v) is 7.62. The number of hydrogen-bond acceptors (Lipinski definition) is 5. The first kappa shape index (κ1) is 17.1. The minimum absolute atomic E-state index is 0.131. The highest BCUT2D eigenvalue weighted by Gasteiger charge is 2.32. The molecule has 25 heavy (non-hydrogen) atoms. The fourth-order valence-electron chi connectivity index (χ4n) is 2.52. The van der Waals surface area contributed by atoms with Crippen molar-refractivity contribution in [2.75, 3.05) is 5.32 Å². The van der Waals surface area contributed by atoms with Crippen LogP contribution in [0.15, 0.2) is 58.5 Å². The third-order valence-corrected chi connectivity index (χ3v) is 5.14. The van der Waals surface area contributed by atoms with E-state index >= 15 is 0 Å². The number of sulfonamides is 1. The Morgan fingerprint density at radius 2 is 1.88 bits per heavy atom. The Labute approximate surface area is 146 Å². The number of anilines is 1. The summed E-state index contributed by atoms with van der Waals surface area (Å²) in [4.78, 5) is 21.2. The molecule has 130 valence electrons. The Kier molecular flexibility index (Phi) is 4.54. The van der Waals surface area contributed by atoms with Crippen molar-refractivity contribution >= 4 is 27.6 Å². The summed E-state index contributed by atoms with van der Waals surface area (Å²) < 4.78 is 26.8. The summed E-state index contributed by atoms with van der Waals surface area (Å²) in [5.41, 5.74) is 0.471. The van der Waals surface area contributed by atoms with E-state index in [1.54, 1.807) is 42.6 Å². The lowest BCUT2D eigenvalue weighted by molar-refractivity contribution is -0.118. The van der Waals surface area contributed by atoms with Crippen LogP contribution in [-0.2, 0) is 14.8 Å². The summed E-state index contributed by atoms with van der Waals surface area (Å²) in [5.74, 6) is 0.134. The molecular weight excluding hydrogens is 340 g/mol. The van der Waals surface area contributed by atoms with Crippen molar-refractivity contribution in [3.05, 3.63) is 54.2 Å². The molecule has 0 fully saturated rings. The second kappa shape index (κ2) is 6.64. The Hall–Kier alpha value is -2.74. The summed E-state index contributed by atoms with van der Waals surface area (Å²) in [5, 5.41) is 2.71. The summed E-state index contributed by atoms with van der Waals surface area (Å²) in [6.07, 6.45) is 1.58. The SMILES string of the molecule is CC(C)[C@@H](N=C1NS(=O)(=O)c2ccccc21)C(=O)Nc1ccccn1. The van der Waals surface area contributed by atoms with E-state index in [0.29, 0.717) is 11.4 Å². The van der Waals surface area contributed by atoms with Crippen LogP contribution in [0.25, 0.3) is 0 Å². The lowest BCUT2D eigenvalue weighted by atomic mass is 10.0. The van der Waals surface area contributed by atoms with E-state index in [9.17, 15) is 13.2 Å². The average molecular weight is 358 g/mol. The van der Waals surface area contributed by atoms with Crippen LogP contribution in [0.3, 0.4) is 0 Å². The average Bonchev–Trinajstić information content (AvgIpc) is 2.84. The first-order valence-corrected chi connectivity index (χ1v) is 9.29. The second-order valence-electron chi connectivity index (χ2n) is 5.97. The maximum atomic E-state index is 12.6. The van der Waals surface area contributed by atoms with Crippen molar-refractivity contribution in [3.8, 4) is 0 Å². The molecule has 1 aromatic heterocycles. The van der Waals surface area contributed by atoms with Gasteiger partial charge in [-0.15, -0.1) is 0 Å². The van der Waals surface area contributed by atoms with E-state index in [4.69, 9.17) is 0 Å². The number of aromatic nitrogens is 1. The van der Waals surface area contributed by atoms with E-state index in [1.165, 1.54) is 6.07 Å². The molecule has 0 radical (unpaired) electrons. The smallest absolute Gasteiger partial charge is 0.263 e. The Morgan fingerprint density at radius 1 is 1.16 bits per heavy atom. The minimum Gasteiger partial charge on any atom is -0.309 e. The summed E-state index contributed by atoms with van der Waals surface area (Å²) >= 11 is 0. The van der Waals surface area contributed by atoms with Crippen molar-refractivity contribution in [1.29, 1.82) is 0 Å². The molecule has 3 rings (SSSR count). The Bertz CT molecular complexity index is 924. The Morgan fingerprint density at radius 3 is 2.56 bits per heavy atom. The first-order chi connectivity index (χ1) is 11.9. The molecule has 2 heterocycles. The van der Waals surface area contributed by atoms with Crippen LogP contribution in [-0.4, -0.2) is 31.2 Å². The number of amidine groups is 1. The topological polar surface area (TPSA) is 101 Å². The number of fused-ring (bicyclic) bond motifs is 1. The van der Waals surface area contributed by atoms with Gasteiger partial charge in [0.15, 0.2) is 0 Å². The normalized spacial score (nSPS) is 17.8. The molecule has 8 heteroatoms. The molecule has 1 aliphatic heterocycles. The highest BCUT2D eigenvalue weighted by Crippen LogP contribution is 2.23. The van der Waals surface area contributed by atoms with Gasteiger partial charge in [-0.3, -0.25) is 14.5 Å². The molecule has 1 aliphatic rings. The summed E-state index contributed by atoms with van der Waals surface area (Å²) in [6.45, 7) is 3.70. The number of nitrogens with one attached hydrogen (secondary N) is 2. The quantitative estimate of drug-likeness (QED) is 0.870. The number of aliphatic imine (C=N–C) groups is 1. The molecule has 0 aliphatic carbocycles. The Balaban J connectivity index is 1.93. The van der Waals surface area contributed by atoms with Gasteiger partial charge in [-0.1, -0.05) is 32.0 Å². The fourth-order valence-corrected chi connectivity index (χ4v) is 3.76. The predicted octanol–water partition coefficient (Wildman–Crippen LogP) is 1.78. The number of amides is 1. The van der Waals surface area contributed by atoms with Gasteiger partial charge in [0.1, 0.15) is 17.7 Å². The van der Waals surface area contributed by atoms with Crippen LogP contribution in [0, 0.1) is 5.92 Å². The highest BCUT2D eigenvalue weighted by atomic mass is 32.2. The number of hydrogen-bond donors (Lipinski definition) is 2. The van der Waals surface area contributed by atoms with E-state index in [2.05, 4.69) is 20.0 Å². The molecule has 1 atom stereocenters. The molecule has 2 aromatic rings. The number of rotatable bonds is 4. The van der Waals surface area contributed by atoms with Gasteiger partial charge in [-0.2, -0.15) is 0 Å². The molecule has 1 aromatic carbocycles. The third kappa shape index (κ3) is 3.53. The van der Waals surface area contributed by atoms with Gasteiger partial charge in [0.05, 0.1) is 4.90 Å². The monoisotopic (exact) mass is 358 g/mol. The number of carbonyl (C=O) groups excluding carboxylic acids is 1. The number of carbonyl (C=O) groups is 1. The van der Waals surface area contributed by atoms with E-state index in [1.807, 2.05) is 13.8 Å². The van der Waals surface area contributed by atoms with Gasteiger partial charge < -0.3 is 5.32 Å². The zero-order valence-corrected chi connectivity index (χ0v) is 14.6. The van der Waals surface area contributed by atoms with Crippen molar-refractivity contribution in [2.24, 2.45) is 10.9 Å². The largest absolute Gasteiger partial charge is 0.309 e. The van der Waals surface area contributed by atoms with E-state index in [0.717, 1.165) is 0 Å². The molecule has 0 spiro atoms. The van der Waals surface area contributed by atoms with Gasteiger partial charge in [-0.05, 0) is 30.2 Å². The zero-order chi connectivity index (χ0) is 18.0. The molecule has 0 bridgehead atoms. The van der Waals surface area contributed by atoms with Gasteiger partial charge in [0, 0.05) is 11.8 Å². The van der Waals surface area contributed by atoms with Crippen LogP contribution in [0.1, 0.15) is 19.4 Å². The van der Waals surface area contributed by atoms with Crippen LogP contribution < -0.4 is 10.0 Å². The third-order valence-electron chi connectivity index (χ3n) is 3.75. The lowest BCUT2D eigenvalue weighted by Crippen LogP contribution is -2.34. The standard InChI is InChI=1S/C17H18N4O3S/c1-11(2)15(17(22)19-14-9-5-6-10-18-14)20-16-12-7-3-4-8-13(12)25(23,24)21-16/h3-11,15H,1-2H3,(H,20,21)(H,18,19,22)/t15-/m1/s1. The maximum Gasteiger partial charge on any atom is 0.263 e. The minimum atomic E-state index is -3.64. The van der Waals surface area contributed by atoms with Crippen molar-refractivity contribution < 1.29 is 13.2 Å². The van der Waals surface area contributed by atoms with Crippen molar-refractivity contribution in [3.63, 3.8) is 0 Å². The molecular formula is C17H18N4O3S. The highest BCUT2D eigenvalue weighted by molar-refractivity contribution is 7.90. The van der Waals surface area contributed by atoms with Gasteiger partial charge in [0.25, 0.3) is 15.9 Å².